The van der Waals surface area contributed by atoms with Crippen molar-refractivity contribution in [1.29, 1.82) is 0 Å². The van der Waals surface area contributed by atoms with Crippen molar-refractivity contribution in [3.05, 3.63) is 52.6 Å². The molecular weight excluding hydrogens is 270 g/mol. The zero-order valence-corrected chi connectivity index (χ0v) is 11.3. The molecule has 0 radical (unpaired) electrons. The van der Waals surface area contributed by atoms with Gasteiger partial charge in [0.15, 0.2) is 11.2 Å². The van der Waals surface area contributed by atoms with Crippen molar-refractivity contribution < 1.29 is 4.79 Å². The predicted octanol–water partition coefficient (Wildman–Crippen LogP) is 1.13. The average Bonchev–Trinajstić information content (AvgIpc) is 2.83. The summed E-state index contributed by atoms with van der Waals surface area (Å²) in [4.78, 5) is 33.8. The molecule has 0 saturated carbocycles. The number of imidazole rings is 1. The van der Waals surface area contributed by atoms with Gasteiger partial charge in [-0.25, -0.2) is 4.98 Å². The first-order valence-corrected chi connectivity index (χ1v) is 6.40. The Morgan fingerprint density at radius 2 is 2.10 bits per heavy atom. The SMILES string of the molecule is CC(=O)Nc1nc2c(ncn2Cc2ccccc2)c(=O)[nH]1. The molecule has 0 unspecified atom stereocenters. The minimum atomic E-state index is -0.379. The zero-order valence-electron chi connectivity index (χ0n) is 11.3. The topological polar surface area (TPSA) is 92.7 Å². The van der Waals surface area contributed by atoms with Gasteiger partial charge < -0.3 is 4.57 Å². The van der Waals surface area contributed by atoms with Crippen molar-refractivity contribution in [2.75, 3.05) is 5.32 Å². The largest absolute Gasteiger partial charge is 0.311 e. The van der Waals surface area contributed by atoms with Gasteiger partial charge in [-0.05, 0) is 5.56 Å². The minimum absolute atomic E-state index is 0.120. The lowest BCUT2D eigenvalue weighted by molar-refractivity contribution is -0.114. The highest BCUT2D eigenvalue weighted by Crippen LogP contribution is 2.10. The van der Waals surface area contributed by atoms with Crippen molar-refractivity contribution in [3.8, 4) is 0 Å². The first kappa shape index (κ1) is 13.0. The van der Waals surface area contributed by atoms with Gasteiger partial charge in [-0.3, -0.25) is 19.9 Å². The van der Waals surface area contributed by atoms with Crippen LogP contribution in [0.15, 0.2) is 41.5 Å². The number of aromatic amines is 1. The van der Waals surface area contributed by atoms with E-state index in [9.17, 15) is 9.59 Å². The van der Waals surface area contributed by atoms with E-state index in [1.54, 1.807) is 10.9 Å². The number of nitrogens with one attached hydrogen (secondary N) is 2. The molecule has 0 aliphatic rings. The fraction of sp³-hybridized carbons (Fsp3) is 0.143. The van der Waals surface area contributed by atoms with Crippen LogP contribution in [0.4, 0.5) is 5.95 Å². The van der Waals surface area contributed by atoms with E-state index in [2.05, 4.69) is 20.3 Å². The number of anilines is 1. The molecule has 2 aromatic heterocycles. The van der Waals surface area contributed by atoms with Gasteiger partial charge in [0.1, 0.15) is 0 Å². The summed E-state index contributed by atoms with van der Waals surface area (Å²) in [5.41, 5.74) is 1.38. The van der Waals surface area contributed by atoms with Crippen molar-refractivity contribution in [2.24, 2.45) is 0 Å². The molecule has 1 aromatic carbocycles. The van der Waals surface area contributed by atoms with Crippen LogP contribution in [0.2, 0.25) is 0 Å². The summed E-state index contributed by atoms with van der Waals surface area (Å²) in [6, 6.07) is 9.78. The molecule has 1 amide bonds. The Hall–Kier alpha value is -2.96. The highest BCUT2D eigenvalue weighted by Gasteiger charge is 2.11. The summed E-state index contributed by atoms with van der Waals surface area (Å²) in [6.07, 6.45) is 1.57. The first-order chi connectivity index (χ1) is 10.1. The Morgan fingerprint density at radius 3 is 2.81 bits per heavy atom. The van der Waals surface area contributed by atoms with Crippen LogP contribution < -0.4 is 10.9 Å². The molecule has 2 heterocycles. The number of fused-ring (bicyclic) bond motifs is 1. The molecule has 0 bridgehead atoms. The van der Waals surface area contributed by atoms with Crippen LogP contribution in [0.1, 0.15) is 12.5 Å². The second kappa shape index (κ2) is 5.20. The molecule has 3 rings (SSSR count). The molecule has 3 aromatic rings. The van der Waals surface area contributed by atoms with E-state index in [1.165, 1.54) is 6.92 Å². The quantitative estimate of drug-likeness (QED) is 0.753. The van der Waals surface area contributed by atoms with Gasteiger partial charge in [-0.15, -0.1) is 0 Å². The summed E-state index contributed by atoms with van der Waals surface area (Å²) in [5, 5.41) is 2.47. The summed E-state index contributed by atoms with van der Waals surface area (Å²) >= 11 is 0. The number of carbonyl (C=O) groups excluding carboxylic acids is 1. The molecule has 0 aliphatic heterocycles. The summed E-state index contributed by atoms with van der Waals surface area (Å²) in [7, 11) is 0. The van der Waals surface area contributed by atoms with Crippen LogP contribution in [0.25, 0.3) is 11.2 Å². The molecule has 2 N–H and O–H groups in total. The van der Waals surface area contributed by atoms with Crippen molar-refractivity contribution >= 4 is 23.0 Å². The number of carbonyl (C=O) groups is 1. The van der Waals surface area contributed by atoms with E-state index >= 15 is 0 Å². The Morgan fingerprint density at radius 1 is 1.33 bits per heavy atom. The molecule has 21 heavy (non-hydrogen) atoms. The molecule has 0 fully saturated rings. The van der Waals surface area contributed by atoms with E-state index in [0.717, 1.165) is 5.56 Å². The number of hydrogen-bond acceptors (Lipinski definition) is 4. The van der Waals surface area contributed by atoms with E-state index in [4.69, 9.17) is 0 Å². The average molecular weight is 283 g/mol. The molecule has 0 atom stereocenters. The third kappa shape index (κ3) is 2.66. The second-order valence-corrected chi connectivity index (χ2v) is 4.63. The van der Waals surface area contributed by atoms with Gasteiger partial charge in [-0.2, -0.15) is 4.98 Å². The van der Waals surface area contributed by atoms with Crippen molar-refractivity contribution in [3.63, 3.8) is 0 Å². The van der Waals surface area contributed by atoms with Crippen LogP contribution in [0.5, 0.6) is 0 Å². The van der Waals surface area contributed by atoms with Crippen LogP contribution >= 0.6 is 0 Å². The monoisotopic (exact) mass is 283 g/mol. The maximum Gasteiger partial charge on any atom is 0.280 e. The maximum absolute atomic E-state index is 11.9. The second-order valence-electron chi connectivity index (χ2n) is 4.63. The highest BCUT2D eigenvalue weighted by atomic mass is 16.1. The fourth-order valence-corrected chi connectivity index (χ4v) is 2.08. The van der Waals surface area contributed by atoms with E-state index < -0.39 is 0 Å². The maximum atomic E-state index is 11.9. The van der Waals surface area contributed by atoms with Gasteiger partial charge in [0.05, 0.1) is 12.9 Å². The molecule has 0 aliphatic carbocycles. The number of hydrogen-bond donors (Lipinski definition) is 2. The Balaban J connectivity index is 2.05. The van der Waals surface area contributed by atoms with Gasteiger partial charge in [0.25, 0.3) is 5.56 Å². The molecule has 0 saturated heterocycles. The Labute approximate surface area is 119 Å². The molecule has 106 valence electrons. The van der Waals surface area contributed by atoms with Crippen molar-refractivity contribution in [2.45, 2.75) is 13.5 Å². The third-order valence-corrected chi connectivity index (χ3v) is 2.96. The van der Waals surface area contributed by atoms with E-state index in [-0.39, 0.29) is 22.9 Å². The van der Waals surface area contributed by atoms with Gasteiger partial charge in [0.2, 0.25) is 11.9 Å². The first-order valence-electron chi connectivity index (χ1n) is 6.40. The van der Waals surface area contributed by atoms with Gasteiger partial charge in [-0.1, -0.05) is 30.3 Å². The number of amides is 1. The number of nitrogens with zero attached hydrogens (tertiary/aromatic N) is 3. The van der Waals surface area contributed by atoms with Crippen LogP contribution in [0, 0.1) is 0 Å². The van der Waals surface area contributed by atoms with Crippen LogP contribution in [0.3, 0.4) is 0 Å². The number of rotatable bonds is 3. The van der Waals surface area contributed by atoms with E-state index in [1.807, 2.05) is 30.3 Å². The van der Waals surface area contributed by atoms with E-state index in [0.29, 0.717) is 12.2 Å². The normalized spacial score (nSPS) is 10.7. The molecule has 7 nitrogen and oxygen atoms in total. The lowest BCUT2D eigenvalue weighted by Crippen LogP contribution is -2.16. The number of aromatic nitrogens is 4. The smallest absolute Gasteiger partial charge is 0.280 e. The predicted molar refractivity (Wildman–Crippen MR) is 78.0 cm³/mol. The van der Waals surface area contributed by atoms with Crippen molar-refractivity contribution in [1.82, 2.24) is 19.5 Å². The summed E-state index contributed by atoms with van der Waals surface area (Å²) < 4.78 is 1.77. The van der Waals surface area contributed by atoms with Crippen LogP contribution in [-0.4, -0.2) is 25.4 Å². The fourth-order valence-electron chi connectivity index (χ4n) is 2.08. The molecule has 0 spiro atoms. The molecular formula is C14H13N5O2. The van der Waals surface area contributed by atoms with Gasteiger partial charge >= 0.3 is 0 Å². The number of benzene rings is 1. The third-order valence-electron chi connectivity index (χ3n) is 2.96. The lowest BCUT2D eigenvalue weighted by Gasteiger charge is -2.05. The van der Waals surface area contributed by atoms with Gasteiger partial charge in [0, 0.05) is 6.92 Å². The zero-order chi connectivity index (χ0) is 14.8. The highest BCUT2D eigenvalue weighted by molar-refractivity contribution is 5.87. The summed E-state index contributed by atoms with van der Waals surface area (Å²) in [5.74, 6) is -0.179. The Bertz CT molecular complexity index is 851. The number of H-pyrrole nitrogens is 1. The standard InChI is InChI=1S/C14H13N5O2/c1-9(20)16-14-17-12-11(13(21)18-14)15-8-19(12)7-10-5-3-2-4-6-10/h2-6,8H,7H2,1H3,(H2,16,17,18,20,21). The molecule has 7 heteroatoms. The minimum Gasteiger partial charge on any atom is -0.311 e. The Kier molecular flexibility index (Phi) is 3.23. The lowest BCUT2D eigenvalue weighted by atomic mass is 10.2. The summed E-state index contributed by atoms with van der Waals surface area (Å²) in [6.45, 7) is 1.90. The van der Waals surface area contributed by atoms with Crippen LogP contribution in [-0.2, 0) is 11.3 Å².